The topological polar surface area (TPSA) is 136 Å². The number of H-pyrrole nitrogens is 1. The number of rotatable bonds is 6. The highest BCUT2D eigenvalue weighted by molar-refractivity contribution is 7.71. The molecule has 0 atom stereocenters. The maximum absolute atomic E-state index is 12.4. The number of anilines is 1. The SMILES string of the molecule is N#Cc1c(-c2ccccc2)n(CCNC(=O)Nc2cccc(C(=O)O)c2)c2c(=S)nc[nH]c12. The fourth-order valence-corrected chi connectivity index (χ4v) is 3.88. The van der Waals surface area contributed by atoms with Crippen LogP contribution in [0, 0.1) is 16.0 Å². The number of aromatic carboxylic acids is 1. The van der Waals surface area contributed by atoms with Crippen LogP contribution >= 0.6 is 12.2 Å². The molecule has 4 aromatic rings. The fourth-order valence-electron chi connectivity index (χ4n) is 3.61. The molecule has 4 rings (SSSR count). The van der Waals surface area contributed by atoms with E-state index in [1.807, 2.05) is 34.9 Å². The fraction of sp³-hybridized carbons (Fsp3) is 0.0870. The number of nitrogens with one attached hydrogen (secondary N) is 3. The maximum Gasteiger partial charge on any atom is 0.335 e. The zero-order chi connectivity index (χ0) is 23.4. The Labute approximate surface area is 193 Å². The normalized spacial score (nSPS) is 10.5. The summed E-state index contributed by atoms with van der Waals surface area (Å²) in [5, 5.41) is 24.3. The number of hydrogen-bond donors (Lipinski definition) is 4. The molecule has 2 amide bonds. The molecule has 0 radical (unpaired) electrons. The van der Waals surface area contributed by atoms with Gasteiger partial charge in [-0.15, -0.1) is 0 Å². The molecule has 0 unspecified atom stereocenters. The molecule has 4 N–H and O–H groups in total. The molecule has 0 aliphatic carbocycles. The quantitative estimate of drug-likeness (QED) is 0.321. The van der Waals surface area contributed by atoms with Crippen LogP contribution in [0.2, 0.25) is 0 Å². The first-order valence-electron chi connectivity index (χ1n) is 9.93. The summed E-state index contributed by atoms with van der Waals surface area (Å²) in [5.74, 6) is -1.08. The molecule has 9 nitrogen and oxygen atoms in total. The highest BCUT2D eigenvalue weighted by atomic mass is 32.1. The van der Waals surface area contributed by atoms with Gasteiger partial charge in [-0.25, -0.2) is 14.6 Å². The Balaban J connectivity index is 1.60. The molecule has 10 heteroatoms. The standard InChI is InChI=1S/C23H18N6O3S/c24-12-17-18-20(21(33)27-13-26-18)29(19(17)14-5-2-1-3-6-14)10-9-25-23(32)28-16-8-4-7-15(11-16)22(30)31/h1-8,11,13H,9-10H2,(H,30,31)(H2,25,28,32)(H,26,27,33). The van der Waals surface area contributed by atoms with Crippen LogP contribution in [0.25, 0.3) is 22.3 Å². The van der Waals surface area contributed by atoms with Gasteiger partial charge in [0.1, 0.15) is 17.1 Å². The molecule has 0 bridgehead atoms. The summed E-state index contributed by atoms with van der Waals surface area (Å²) in [7, 11) is 0. The Bertz CT molecular complexity index is 1450. The van der Waals surface area contributed by atoms with Gasteiger partial charge < -0.3 is 25.3 Å². The van der Waals surface area contributed by atoms with E-state index in [4.69, 9.17) is 17.3 Å². The second-order valence-electron chi connectivity index (χ2n) is 7.05. The maximum atomic E-state index is 12.4. The second kappa shape index (κ2) is 9.33. The predicted octanol–water partition coefficient (Wildman–Crippen LogP) is 4.15. The minimum atomic E-state index is -1.08. The van der Waals surface area contributed by atoms with Crippen LogP contribution in [0.3, 0.4) is 0 Å². The van der Waals surface area contributed by atoms with Gasteiger partial charge in [-0.05, 0) is 23.8 Å². The largest absolute Gasteiger partial charge is 0.478 e. The highest BCUT2D eigenvalue weighted by Crippen LogP contribution is 2.32. The number of carbonyl (C=O) groups excluding carboxylic acids is 1. The van der Waals surface area contributed by atoms with Crippen LogP contribution in [0.5, 0.6) is 0 Å². The first-order chi connectivity index (χ1) is 16.0. The van der Waals surface area contributed by atoms with Crippen molar-refractivity contribution in [3.8, 4) is 17.3 Å². The van der Waals surface area contributed by atoms with Crippen molar-refractivity contribution < 1.29 is 14.7 Å². The number of aromatic nitrogens is 3. The molecule has 2 aromatic carbocycles. The van der Waals surface area contributed by atoms with Crippen LogP contribution in [-0.4, -0.2) is 38.2 Å². The lowest BCUT2D eigenvalue weighted by Gasteiger charge is -2.13. The number of carboxylic acid groups (broad SMARTS) is 1. The lowest BCUT2D eigenvalue weighted by Crippen LogP contribution is -2.31. The van der Waals surface area contributed by atoms with Crippen molar-refractivity contribution in [1.29, 1.82) is 5.26 Å². The third-order valence-corrected chi connectivity index (χ3v) is 5.30. The molecule has 164 valence electrons. The minimum absolute atomic E-state index is 0.0740. The molecular formula is C23H18N6O3S. The first kappa shape index (κ1) is 21.7. The number of aromatic amines is 1. The summed E-state index contributed by atoms with van der Waals surface area (Å²) in [4.78, 5) is 30.6. The van der Waals surface area contributed by atoms with Crippen LogP contribution < -0.4 is 10.6 Å². The van der Waals surface area contributed by atoms with E-state index in [1.54, 1.807) is 12.1 Å². The van der Waals surface area contributed by atoms with Crippen molar-refractivity contribution in [2.45, 2.75) is 6.54 Å². The van der Waals surface area contributed by atoms with Gasteiger partial charge in [0.05, 0.1) is 23.1 Å². The van der Waals surface area contributed by atoms with E-state index in [2.05, 4.69) is 26.7 Å². The lowest BCUT2D eigenvalue weighted by molar-refractivity contribution is 0.0697. The summed E-state index contributed by atoms with van der Waals surface area (Å²) < 4.78 is 2.22. The number of benzene rings is 2. The van der Waals surface area contributed by atoms with E-state index in [1.165, 1.54) is 18.5 Å². The third-order valence-electron chi connectivity index (χ3n) is 5.00. The average molecular weight is 459 g/mol. The number of carbonyl (C=O) groups is 2. The van der Waals surface area contributed by atoms with E-state index >= 15 is 0 Å². The van der Waals surface area contributed by atoms with Gasteiger partial charge in [0.15, 0.2) is 4.64 Å². The number of amides is 2. The molecule has 0 aliphatic heterocycles. The monoisotopic (exact) mass is 458 g/mol. The van der Waals surface area contributed by atoms with Gasteiger partial charge >= 0.3 is 12.0 Å². The Kier molecular flexibility index (Phi) is 6.15. The van der Waals surface area contributed by atoms with E-state index in [-0.39, 0.29) is 12.1 Å². The van der Waals surface area contributed by atoms with Gasteiger partial charge in [-0.2, -0.15) is 5.26 Å². The third kappa shape index (κ3) is 4.44. The first-order valence-corrected chi connectivity index (χ1v) is 10.3. The molecule has 0 spiro atoms. The van der Waals surface area contributed by atoms with E-state index in [0.717, 1.165) is 5.56 Å². The average Bonchev–Trinajstić information content (AvgIpc) is 3.14. The van der Waals surface area contributed by atoms with E-state index in [0.29, 0.717) is 39.2 Å². The van der Waals surface area contributed by atoms with Crippen molar-refractivity contribution >= 4 is 40.9 Å². The minimum Gasteiger partial charge on any atom is -0.478 e. The molecule has 0 fully saturated rings. The van der Waals surface area contributed by atoms with Crippen LogP contribution in [0.15, 0.2) is 60.9 Å². The zero-order valence-electron chi connectivity index (χ0n) is 17.2. The number of nitrogens with zero attached hydrogens (tertiary/aromatic N) is 3. The number of urea groups is 1. The molecule has 2 aromatic heterocycles. The molecule has 0 saturated carbocycles. The van der Waals surface area contributed by atoms with Crippen molar-refractivity contribution in [2.24, 2.45) is 0 Å². The van der Waals surface area contributed by atoms with Gasteiger partial charge in [0, 0.05) is 18.8 Å². The zero-order valence-corrected chi connectivity index (χ0v) is 18.0. The number of hydrogen-bond acceptors (Lipinski definition) is 5. The van der Waals surface area contributed by atoms with E-state index < -0.39 is 12.0 Å². The summed E-state index contributed by atoms with van der Waals surface area (Å²) in [5.41, 5.74) is 3.60. The van der Waals surface area contributed by atoms with Crippen LogP contribution in [-0.2, 0) is 6.54 Å². The summed E-state index contributed by atoms with van der Waals surface area (Å²) in [6.07, 6.45) is 1.46. The highest BCUT2D eigenvalue weighted by Gasteiger charge is 2.20. The van der Waals surface area contributed by atoms with Crippen molar-refractivity contribution in [3.63, 3.8) is 0 Å². The Morgan fingerprint density at radius 1 is 1.18 bits per heavy atom. The predicted molar refractivity (Wildman–Crippen MR) is 125 cm³/mol. The Morgan fingerprint density at radius 2 is 1.97 bits per heavy atom. The molecule has 0 aliphatic rings. The van der Waals surface area contributed by atoms with Crippen molar-refractivity contribution in [3.05, 3.63) is 76.7 Å². The smallest absolute Gasteiger partial charge is 0.335 e. The number of fused-ring (bicyclic) bond motifs is 1. The van der Waals surface area contributed by atoms with Gasteiger partial charge in [0.25, 0.3) is 0 Å². The number of carboxylic acids is 1. The second-order valence-corrected chi connectivity index (χ2v) is 7.44. The summed E-state index contributed by atoms with van der Waals surface area (Å²) in [6, 6.07) is 17.2. The lowest BCUT2D eigenvalue weighted by atomic mass is 10.1. The van der Waals surface area contributed by atoms with Crippen LogP contribution in [0.4, 0.5) is 10.5 Å². The Hall–Kier alpha value is -4.49. The van der Waals surface area contributed by atoms with Gasteiger partial charge in [-0.1, -0.05) is 48.6 Å². The van der Waals surface area contributed by atoms with Gasteiger partial charge in [-0.3, -0.25) is 0 Å². The molecule has 33 heavy (non-hydrogen) atoms. The van der Waals surface area contributed by atoms with E-state index in [9.17, 15) is 14.9 Å². The molecular weight excluding hydrogens is 440 g/mol. The van der Waals surface area contributed by atoms with Crippen LogP contribution in [0.1, 0.15) is 15.9 Å². The molecule has 2 heterocycles. The molecule has 0 saturated heterocycles. The number of nitriles is 1. The summed E-state index contributed by atoms with van der Waals surface area (Å²) >= 11 is 5.42. The van der Waals surface area contributed by atoms with Gasteiger partial charge in [0.2, 0.25) is 0 Å². The van der Waals surface area contributed by atoms with Crippen molar-refractivity contribution in [1.82, 2.24) is 19.9 Å². The van der Waals surface area contributed by atoms with Crippen molar-refractivity contribution in [2.75, 3.05) is 11.9 Å². The summed E-state index contributed by atoms with van der Waals surface area (Å²) in [6.45, 7) is 0.552. The Morgan fingerprint density at radius 3 is 2.70 bits per heavy atom.